The van der Waals surface area contributed by atoms with E-state index in [1.165, 1.54) is 0 Å². The van der Waals surface area contributed by atoms with Crippen molar-refractivity contribution in [3.05, 3.63) is 34.7 Å². The van der Waals surface area contributed by atoms with E-state index in [4.69, 9.17) is 11.6 Å². The van der Waals surface area contributed by atoms with Crippen molar-refractivity contribution < 1.29 is 8.42 Å². The lowest BCUT2D eigenvalue weighted by atomic mass is 10.1. The Hall–Kier alpha value is -1.11. The topological polar surface area (TPSA) is 59.1 Å². The van der Waals surface area contributed by atoms with Crippen molar-refractivity contribution in [2.75, 3.05) is 16.4 Å². The number of aryl methyl sites for hydroxylation is 1. The SMILES string of the molecule is Cc1nc(-c2cccc(NS(=O)(=O)CCCCCl)c2)cs1. The summed E-state index contributed by atoms with van der Waals surface area (Å²) in [5.41, 5.74) is 2.32. The van der Waals surface area contributed by atoms with E-state index < -0.39 is 10.0 Å². The van der Waals surface area contributed by atoms with Gasteiger partial charge < -0.3 is 0 Å². The number of nitrogens with zero attached hydrogens (tertiary/aromatic N) is 1. The lowest BCUT2D eigenvalue weighted by Gasteiger charge is -2.08. The molecule has 1 aromatic heterocycles. The van der Waals surface area contributed by atoms with E-state index in [1.54, 1.807) is 23.5 Å². The fraction of sp³-hybridized carbons (Fsp3) is 0.357. The average molecular weight is 345 g/mol. The summed E-state index contributed by atoms with van der Waals surface area (Å²) in [5, 5.41) is 2.95. The number of benzene rings is 1. The molecular weight excluding hydrogens is 328 g/mol. The van der Waals surface area contributed by atoms with Crippen LogP contribution in [0.1, 0.15) is 17.8 Å². The van der Waals surface area contributed by atoms with Gasteiger partial charge in [0, 0.05) is 22.5 Å². The molecule has 0 atom stereocenters. The third-order valence-corrected chi connectivity index (χ3v) is 5.26. The van der Waals surface area contributed by atoms with Crippen molar-refractivity contribution in [3.8, 4) is 11.3 Å². The van der Waals surface area contributed by atoms with Gasteiger partial charge in [-0.2, -0.15) is 0 Å². The van der Waals surface area contributed by atoms with Crippen molar-refractivity contribution in [2.24, 2.45) is 0 Å². The number of rotatable bonds is 7. The highest BCUT2D eigenvalue weighted by Crippen LogP contribution is 2.24. The van der Waals surface area contributed by atoms with Crippen LogP contribution in [0, 0.1) is 6.92 Å². The molecule has 0 unspecified atom stereocenters. The molecule has 114 valence electrons. The summed E-state index contributed by atoms with van der Waals surface area (Å²) in [6.07, 6.45) is 1.25. The molecule has 0 radical (unpaired) electrons. The van der Waals surface area contributed by atoms with Crippen LogP contribution in [0.25, 0.3) is 11.3 Å². The van der Waals surface area contributed by atoms with Crippen LogP contribution >= 0.6 is 22.9 Å². The molecule has 21 heavy (non-hydrogen) atoms. The quantitative estimate of drug-likeness (QED) is 0.612. The van der Waals surface area contributed by atoms with Crippen molar-refractivity contribution >= 4 is 38.6 Å². The van der Waals surface area contributed by atoms with Crippen LogP contribution in [0.2, 0.25) is 0 Å². The summed E-state index contributed by atoms with van der Waals surface area (Å²) in [4.78, 5) is 4.41. The summed E-state index contributed by atoms with van der Waals surface area (Å²) in [5.74, 6) is 0.563. The number of hydrogen-bond donors (Lipinski definition) is 1. The van der Waals surface area contributed by atoms with Gasteiger partial charge in [-0.15, -0.1) is 22.9 Å². The van der Waals surface area contributed by atoms with Crippen molar-refractivity contribution in [2.45, 2.75) is 19.8 Å². The van der Waals surface area contributed by atoms with Gasteiger partial charge in [-0.1, -0.05) is 12.1 Å². The van der Waals surface area contributed by atoms with Gasteiger partial charge in [0.1, 0.15) is 0 Å². The Labute approximate surface area is 134 Å². The Morgan fingerprint density at radius 2 is 2.14 bits per heavy atom. The number of hydrogen-bond acceptors (Lipinski definition) is 4. The van der Waals surface area contributed by atoms with Crippen LogP contribution in [0.3, 0.4) is 0 Å². The summed E-state index contributed by atoms with van der Waals surface area (Å²) in [6.45, 7) is 1.94. The predicted molar refractivity (Wildman–Crippen MR) is 89.7 cm³/mol. The molecule has 1 aromatic carbocycles. The standard InChI is InChI=1S/C14H17ClN2O2S2/c1-11-16-14(10-20-11)12-5-4-6-13(9-12)17-21(18,19)8-3-2-7-15/h4-6,9-10,17H,2-3,7-8H2,1H3. The molecule has 0 aliphatic heterocycles. The molecule has 1 N–H and O–H groups in total. The van der Waals surface area contributed by atoms with E-state index in [0.29, 0.717) is 24.4 Å². The smallest absolute Gasteiger partial charge is 0.232 e. The van der Waals surface area contributed by atoms with Gasteiger partial charge >= 0.3 is 0 Å². The highest BCUT2D eigenvalue weighted by atomic mass is 35.5. The third-order valence-electron chi connectivity index (χ3n) is 2.85. The number of anilines is 1. The zero-order valence-corrected chi connectivity index (χ0v) is 14.1. The normalized spacial score (nSPS) is 11.5. The first kappa shape index (κ1) is 16.3. The second kappa shape index (κ2) is 7.24. The second-order valence-electron chi connectivity index (χ2n) is 4.65. The predicted octanol–water partition coefficient (Wildman–Crippen LogP) is 3.88. The van der Waals surface area contributed by atoms with Crippen LogP contribution in [0.5, 0.6) is 0 Å². The highest BCUT2D eigenvalue weighted by molar-refractivity contribution is 7.92. The molecule has 1 heterocycles. The number of aromatic nitrogens is 1. The number of thiazole rings is 1. The maximum atomic E-state index is 12.0. The summed E-state index contributed by atoms with van der Waals surface area (Å²) in [6, 6.07) is 7.27. The molecule has 0 saturated carbocycles. The largest absolute Gasteiger partial charge is 0.284 e. The van der Waals surface area contributed by atoms with Gasteiger partial charge in [-0.05, 0) is 31.9 Å². The number of sulfonamides is 1. The van der Waals surface area contributed by atoms with E-state index in [9.17, 15) is 8.42 Å². The maximum Gasteiger partial charge on any atom is 0.232 e. The minimum absolute atomic E-state index is 0.0831. The van der Waals surface area contributed by atoms with Gasteiger partial charge in [-0.25, -0.2) is 13.4 Å². The number of halogens is 1. The molecule has 0 aliphatic rings. The summed E-state index contributed by atoms with van der Waals surface area (Å²) >= 11 is 7.13. The molecule has 0 bridgehead atoms. The van der Waals surface area contributed by atoms with Gasteiger partial charge in [-0.3, -0.25) is 4.72 Å². The maximum absolute atomic E-state index is 12.0. The zero-order chi connectivity index (χ0) is 15.3. The first-order valence-corrected chi connectivity index (χ1v) is 9.66. The van der Waals surface area contributed by atoms with Crippen LogP contribution < -0.4 is 4.72 Å². The second-order valence-corrected chi connectivity index (χ2v) is 7.93. The van der Waals surface area contributed by atoms with E-state index in [0.717, 1.165) is 16.3 Å². The van der Waals surface area contributed by atoms with E-state index >= 15 is 0 Å². The molecule has 2 rings (SSSR count). The lowest BCUT2D eigenvalue weighted by molar-refractivity contribution is 0.598. The zero-order valence-electron chi connectivity index (χ0n) is 11.7. The van der Waals surface area contributed by atoms with E-state index in [1.807, 2.05) is 24.4 Å². The molecule has 0 saturated heterocycles. The van der Waals surface area contributed by atoms with Crippen LogP contribution in [-0.2, 0) is 10.0 Å². The number of unbranched alkanes of at least 4 members (excludes halogenated alkanes) is 1. The van der Waals surface area contributed by atoms with Gasteiger partial charge in [0.25, 0.3) is 0 Å². The molecule has 4 nitrogen and oxygen atoms in total. The Morgan fingerprint density at radius 1 is 1.33 bits per heavy atom. The molecule has 0 aliphatic carbocycles. The first-order chi connectivity index (χ1) is 10.00. The van der Waals surface area contributed by atoms with Crippen molar-refractivity contribution in [1.82, 2.24) is 4.98 Å². The fourth-order valence-electron chi connectivity index (χ4n) is 1.86. The summed E-state index contributed by atoms with van der Waals surface area (Å²) < 4.78 is 26.5. The van der Waals surface area contributed by atoms with Crippen molar-refractivity contribution in [1.29, 1.82) is 0 Å². The minimum atomic E-state index is -3.33. The number of alkyl halides is 1. The van der Waals surface area contributed by atoms with Crippen LogP contribution in [0.4, 0.5) is 5.69 Å². The van der Waals surface area contributed by atoms with Gasteiger partial charge in [0.15, 0.2) is 0 Å². The molecular formula is C14H17ClN2O2S2. The average Bonchev–Trinajstić information content (AvgIpc) is 2.85. The van der Waals surface area contributed by atoms with Crippen molar-refractivity contribution in [3.63, 3.8) is 0 Å². The van der Waals surface area contributed by atoms with Gasteiger partial charge in [0.05, 0.1) is 16.5 Å². The van der Waals surface area contributed by atoms with Crippen LogP contribution in [0.15, 0.2) is 29.6 Å². The highest BCUT2D eigenvalue weighted by Gasteiger charge is 2.11. The van der Waals surface area contributed by atoms with E-state index in [-0.39, 0.29) is 5.75 Å². The molecule has 0 spiro atoms. The first-order valence-electron chi connectivity index (χ1n) is 6.59. The minimum Gasteiger partial charge on any atom is -0.284 e. The fourth-order valence-corrected chi connectivity index (χ4v) is 3.84. The molecule has 7 heteroatoms. The molecule has 2 aromatic rings. The van der Waals surface area contributed by atoms with Crippen LogP contribution in [-0.4, -0.2) is 25.0 Å². The van der Waals surface area contributed by atoms with Gasteiger partial charge in [0.2, 0.25) is 10.0 Å². The lowest BCUT2D eigenvalue weighted by Crippen LogP contribution is -2.16. The monoisotopic (exact) mass is 344 g/mol. The Bertz CT molecular complexity index is 699. The molecule has 0 amide bonds. The Morgan fingerprint density at radius 3 is 2.81 bits per heavy atom. The number of nitrogens with one attached hydrogen (secondary N) is 1. The Balaban J connectivity index is 2.11. The van der Waals surface area contributed by atoms with E-state index in [2.05, 4.69) is 9.71 Å². The Kier molecular flexibility index (Phi) is 5.61. The molecule has 0 fully saturated rings. The third kappa shape index (κ3) is 4.98. The summed E-state index contributed by atoms with van der Waals surface area (Å²) in [7, 11) is -3.33.